The lowest BCUT2D eigenvalue weighted by atomic mass is 9.94. The van der Waals surface area contributed by atoms with E-state index in [-0.39, 0.29) is 24.0 Å². The first-order chi connectivity index (χ1) is 16.6. The number of aromatic nitrogens is 1. The number of esters is 1. The average Bonchev–Trinajstić information content (AvgIpc) is 3.47. The van der Waals surface area contributed by atoms with Crippen LogP contribution >= 0.6 is 11.3 Å². The summed E-state index contributed by atoms with van der Waals surface area (Å²) in [5.74, 6) is -0.272. The number of carbonyl (C=O) groups excluding carboxylic acids is 2. The lowest BCUT2D eigenvalue weighted by Crippen LogP contribution is -2.45. The molecule has 2 aromatic carbocycles. The van der Waals surface area contributed by atoms with Crippen molar-refractivity contribution in [2.45, 2.75) is 44.6 Å². The van der Waals surface area contributed by atoms with Crippen molar-refractivity contribution in [1.82, 2.24) is 9.88 Å². The number of hydrogen-bond donors (Lipinski definition) is 0. The Bertz CT molecular complexity index is 1160. The van der Waals surface area contributed by atoms with Crippen LogP contribution in [0.4, 0.5) is 4.79 Å². The minimum absolute atomic E-state index is 0.0401. The maximum Gasteiger partial charge on any atom is 0.410 e. The van der Waals surface area contributed by atoms with Gasteiger partial charge in [-0.1, -0.05) is 48.5 Å². The molecule has 0 radical (unpaired) electrons. The van der Waals surface area contributed by atoms with Gasteiger partial charge in [-0.3, -0.25) is 0 Å². The number of carbonyl (C=O) groups is 2. The Morgan fingerprint density at radius 1 is 1.03 bits per heavy atom. The summed E-state index contributed by atoms with van der Waals surface area (Å²) in [6.07, 6.45) is 1.49. The Kier molecular flexibility index (Phi) is 6.37. The third-order valence-corrected chi connectivity index (χ3v) is 7.82. The Labute approximate surface area is 203 Å². The quantitative estimate of drug-likeness (QED) is 0.433. The van der Waals surface area contributed by atoms with Crippen LogP contribution in [0, 0.1) is 0 Å². The summed E-state index contributed by atoms with van der Waals surface area (Å²) in [6.45, 7) is 5.00. The number of fused-ring (bicyclic) bond motifs is 3. The van der Waals surface area contributed by atoms with Gasteiger partial charge in [0.05, 0.1) is 11.6 Å². The molecule has 2 heterocycles. The normalized spacial score (nSPS) is 19.4. The van der Waals surface area contributed by atoms with Crippen LogP contribution in [-0.2, 0) is 9.47 Å². The van der Waals surface area contributed by atoms with Gasteiger partial charge in [-0.05, 0) is 48.9 Å². The zero-order valence-corrected chi connectivity index (χ0v) is 20.2. The minimum Gasteiger partial charge on any atom is -0.461 e. The van der Waals surface area contributed by atoms with E-state index < -0.39 is 5.97 Å². The van der Waals surface area contributed by atoms with Crippen LogP contribution in [0.15, 0.2) is 53.9 Å². The predicted molar refractivity (Wildman–Crippen MR) is 131 cm³/mol. The zero-order valence-electron chi connectivity index (χ0n) is 19.4. The van der Waals surface area contributed by atoms with E-state index in [2.05, 4.69) is 36.2 Å². The number of nitrogens with zero attached hydrogens (tertiary/aromatic N) is 2. The first-order valence-electron chi connectivity index (χ1n) is 11.8. The number of rotatable bonds is 5. The molecule has 34 heavy (non-hydrogen) atoms. The molecule has 0 spiro atoms. The van der Waals surface area contributed by atoms with Crippen molar-refractivity contribution >= 4 is 23.4 Å². The molecule has 0 unspecified atom stereocenters. The minimum atomic E-state index is -0.400. The molecule has 2 atom stereocenters. The highest BCUT2D eigenvalue weighted by atomic mass is 32.1. The summed E-state index contributed by atoms with van der Waals surface area (Å²) in [7, 11) is 0. The van der Waals surface area contributed by atoms with Crippen LogP contribution in [0.2, 0.25) is 0 Å². The Morgan fingerprint density at radius 3 is 2.38 bits per heavy atom. The second-order valence-corrected chi connectivity index (χ2v) is 9.76. The molecule has 0 N–H and O–H groups in total. The second kappa shape index (κ2) is 9.58. The van der Waals surface area contributed by atoms with Crippen LogP contribution in [-0.4, -0.2) is 47.7 Å². The molecule has 7 heteroatoms. The molecule has 1 aliphatic carbocycles. The average molecular weight is 477 g/mol. The van der Waals surface area contributed by atoms with E-state index in [1.807, 2.05) is 29.2 Å². The molecule has 1 aromatic heterocycles. The number of piperidine rings is 1. The second-order valence-electron chi connectivity index (χ2n) is 8.87. The van der Waals surface area contributed by atoms with Gasteiger partial charge in [-0.25, -0.2) is 14.6 Å². The monoisotopic (exact) mass is 476 g/mol. The predicted octanol–water partition coefficient (Wildman–Crippen LogP) is 5.84. The van der Waals surface area contributed by atoms with Gasteiger partial charge in [0.25, 0.3) is 0 Å². The van der Waals surface area contributed by atoms with Gasteiger partial charge >= 0.3 is 12.1 Å². The van der Waals surface area contributed by atoms with Crippen molar-refractivity contribution < 1.29 is 19.1 Å². The Balaban J connectivity index is 1.27. The molecule has 0 saturated carbocycles. The molecule has 1 amide bonds. The van der Waals surface area contributed by atoms with Crippen molar-refractivity contribution in [2.75, 3.05) is 19.8 Å². The summed E-state index contributed by atoms with van der Waals surface area (Å²) in [5, 5.41) is 2.61. The molecule has 0 bridgehead atoms. The SMILES string of the molecule is CCOC(=O)c1csc([C@@H]2CC[C@@H](C)N(C(=O)OCC3c4ccccc4-c4ccccc43)C2)n1. The number of hydrogen-bond acceptors (Lipinski definition) is 6. The van der Waals surface area contributed by atoms with Crippen molar-refractivity contribution in [3.05, 3.63) is 75.7 Å². The summed E-state index contributed by atoms with van der Waals surface area (Å²) in [5.41, 5.74) is 5.18. The number of benzene rings is 2. The molecule has 6 nitrogen and oxygen atoms in total. The third-order valence-electron chi connectivity index (χ3n) is 6.81. The summed E-state index contributed by atoms with van der Waals surface area (Å²) in [4.78, 5) is 31.5. The molecule has 1 aliphatic heterocycles. The topological polar surface area (TPSA) is 68.7 Å². The highest BCUT2D eigenvalue weighted by Gasteiger charge is 2.34. The summed E-state index contributed by atoms with van der Waals surface area (Å²) < 4.78 is 11.0. The van der Waals surface area contributed by atoms with Crippen LogP contribution in [0.25, 0.3) is 11.1 Å². The summed E-state index contributed by atoms with van der Waals surface area (Å²) >= 11 is 1.45. The summed E-state index contributed by atoms with van der Waals surface area (Å²) in [6, 6.07) is 16.8. The van der Waals surface area contributed by atoms with E-state index in [0.29, 0.717) is 25.5 Å². The van der Waals surface area contributed by atoms with E-state index in [1.165, 1.54) is 33.6 Å². The van der Waals surface area contributed by atoms with Crippen LogP contribution in [0.3, 0.4) is 0 Å². The molecular formula is C27H28N2O4S. The van der Waals surface area contributed by atoms with Crippen LogP contribution in [0.5, 0.6) is 0 Å². The molecule has 5 rings (SSSR count). The Morgan fingerprint density at radius 2 is 1.71 bits per heavy atom. The van der Waals surface area contributed by atoms with Gasteiger partial charge in [0.1, 0.15) is 6.61 Å². The van der Waals surface area contributed by atoms with E-state index in [1.54, 1.807) is 12.3 Å². The molecule has 1 fully saturated rings. The van der Waals surface area contributed by atoms with E-state index >= 15 is 0 Å². The largest absolute Gasteiger partial charge is 0.461 e. The maximum atomic E-state index is 13.2. The van der Waals surface area contributed by atoms with E-state index in [4.69, 9.17) is 9.47 Å². The fourth-order valence-corrected chi connectivity index (χ4v) is 5.93. The zero-order chi connectivity index (χ0) is 23.7. The van der Waals surface area contributed by atoms with E-state index in [0.717, 1.165) is 17.8 Å². The smallest absolute Gasteiger partial charge is 0.410 e. The van der Waals surface area contributed by atoms with Gasteiger partial charge in [-0.15, -0.1) is 11.3 Å². The molecule has 1 saturated heterocycles. The fraction of sp³-hybridized carbons (Fsp3) is 0.370. The Hall–Kier alpha value is -3.19. The van der Waals surface area contributed by atoms with Gasteiger partial charge < -0.3 is 14.4 Å². The molecule has 176 valence electrons. The van der Waals surface area contributed by atoms with Gasteiger partial charge in [-0.2, -0.15) is 0 Å². The van der Waals surface area contributed by atoms with Crippen molar-refractivity contribution in [1.29, 1.82) is 0 Å². The highest BCUT2D eigenvalue weighted by Crippen LogP contribution is 2.44. The van der Waals surface area contributed by atoms with Gasteiger partial charge in [0.15, 0.2) is 5.69 Å². The lowest BCUT2D eigenvalue weighted by Gasteiger charge is -2.36. The lowest BCUT2D eigenvalue weighted by molar-refractivity contribution is 0.0518. The maximum absolute atomic E-state index is 13.2. The third kappa shape index (κ3) is 4.20. The standard InChI is InChI=1S/C27H28N2O4S/c1-3-32-26(30)24-16-34-25(28-24)18-13-12-17(2)29(14-18)27(31)33-15-23-21-10-6-4-8-19(21)20-9-5-7-11-22(20)23/h4-11,16-18,23H,3,12-15H2,1-2H3/t17-,18-/m1/s1. The first-order valence-corrected chi connectivity index (χ1v) is 12.7. The van der Waals surface area contributed by atoms with Gasteiger partial charge in [0.2, 0.25) is 0 Å². The molecule has 3 aromatic rings. The van der Waals surface area contributed by atoms with Crippen LogP contribution in [0.1, 0.15) is 65.1 Å². The van der Waals surface area contributed by atoms with E-state index in [9.17, 15) is 9.59 Å². The fourth-order valence-electron chi connectivity index (χ4n) is 5.01. The number of ether oxygens (including phenoxy) is 2. The first kappa shape index (κ1) is 22.6. The highest BCUT2D eigenvalue weighted by molar-refractivity contribution is 7.09. The number of amides is 1. The van der Waals surface area contributed by atoms with Crippen LogP contribution < -0.4 is 0 Å². The number of likely N-dealkylation sites (tertiary alicyclic amines) is 1. The number of thiazole rings is 1. The van der Waals surface area contributed by atoms with Crippen molar-refractivity contribution in [3.63, 3.8) is 0 Å². The van der Waals surface area contributed by atoms with Gasteiger partial charge in [0, 0.05) is 29.8 Å². The molecule has 2 aliphatic rings. The van der Waals surface area contributed by atoms with Crippen molar-refractivity contribution in [2.24, 2.45) is 0 Å². The molecular weight excluding hydrogens is 448 g/mol. The van der Waals surface area contributed by atoms with Crippen molar-refractivity contribution in [3.8, 4) is 11.1 Å².